The molecule has 6 nitrogen and oxygen atoms in total. The molecule has 0 saturated carbocycles. The average molecular weight is 398 g/mol. The van der Waals surface area contributed by atoms with Crippen LogP contribution >= 0.6 is 37.2 Å². The molecule has 0 unspecified atom stereocenters. The smallest absolute Gasteiger partial charge is 0 e. The third-order valence-electron chi connectivity index (χ3n) is 0. The Bertz CT molecular complexity index is 13.0. The molecule has 0 aliphatic heterocycles. The summed E-state index contributed by atoms with van der Waals surface area (Å²) in [7, 11) is 0. The van der Waals surface area contributed by atoms with Crippen molar-refractivity contribution >= 4 is 37.2 Å². The van der Waals surface area contributed by atoms with Crippen molar-refractivity contribution in [2.75, 3.05) is 0 Å². The van der Waals surface area contributed by atoms with Gasteiger partial charge in [0.15, 0.2) is 0 Å². The van der Waals surface area contributed by atoms with Gasteiger partial charge in [-0.2, -0.15) is 0 Å². The van der Waals surface area contributed by atoms with Crippen molar-refractivity contribution in [1.82, 2.24) is 0 Å². The molecular formula is H15Cl3IrN6-6. The zero-order chi connectivity index (χ0) is 0. The van der Waals surface area contributed by atoms with Gasteiger partial charge in [0.1, 0.15) is 0 Å². The number of hydrogen-bond donors (Lipinski definition) is 0. The molecule has 0 saturated heterocycles. The van der Waals surface area contributed by atoms with E-state index in [2.05, 4.69) is 0 Å². The summed E-state index contributed by atoms with van der Waals surface area (Å²) in [5.74, 6) is 0. The van der Waals surface area contributed by atoms with E-state index < -0.39 is 0 Å². The fraction of sp³-hybridized carbons (Fsp3) is 0. The average Bonchev–Trinajstić information content (AvgIpc) is 0. The van der Waals surface area contributed by atoms with E-state index in [1.165, 1.54) is 0 Å². The van der Waals surface area contributed by atoms with Crippen molar-refractivity contribution in [3.8, 4) is 0 Å². The second-order valence-electron chi connectivity index (χ2n) is 0. The second kappa shape index (κ2) is 541. The molecule has 0 heterocycles. The van der Waals surface area contributed by atoms with Crippen LogP contribution in [-0.2, 0) is 20.1 Å². The molecule has 1 radical (unpaired) electrons. The summed E-state index contributed by atoms with van der Waals surface area (Å²) in [6.45, 7) is 0. The van der Waals surface area contributed by atoms with Gasteiger partial charge in [0.2, 0.25) is 0 Å². The molecular weight excluding hydrogens is 383 g/mol. The van der Waals surface area contributed by atoms with Crippen LogP contribution in [0.2, 0.25) is 0 Å². The first-order valence-electron chi connectivity index (χ1n) is 0. The van der Waals surface area contributed by atoms with E-state index in [1.807, 2.05) is 0 Å². The molecule has 10 heavy (non-hydrogen) atoms. The second-order valence-corrected chi connectivity index (χ2v) is 0. The zero-order valence-electron chi connectivity index (χ0n) is 5.02. The molecule has 0 rings (SSSR count). The molecule has 0 fully saturated rings. The van der Waals surface area contributed by atoms with Gasteiger partial charge in [0, 0.05) is 20.1 Å². The van der Waals surface area contributed by atoms with Crippen molar-refractivity contribution < 1.29 is 20.1 Å². The van der Waals surface area contributed by atoms with E-state index >= 15 is 0 Å². The molecule has 81 valence electrons. The number of halogens is 3. The minimum atomic E-state index is 0. The topological polar surface area (TPSA) is 201 Å². The maximum Gasteiger partial charge on any atom is 0 e. The molecule has 0 aliphatic rings. The Labute approximate surface area is 94.1 Å². The normalized spacial score (nSPS) is 0. The maximum absolute atomic E-state index is 0. The van der Waals surface area contributed by atoms with Gasteiger partial charge in [-0.3, -0.25) is 0 Å². The van der Waals surface area contributed by atoms with Gasteiger partial charge in [-0.15, -0.1) is 37.2 Å². The van der Waals surface area contributed by atoms with Gasteiger partial charge in [0.05, 0.1) is 0 Å². The maximum atomic E-state index is 0. The Morgan fingerprint density at radius 1 is 0.300 bits per heavy atom. The van der Waals surface area contributed by atoms with Gasteiger partial charge in [0.25, 0.3) is 0 Å². The van der Waals surface area contributed by atoms with Crippen LogP contribution in [-0.4, -0.2) is 0 Å². The molecule has 0 bridgehead atoms. The standard InChI is InChI=1S/3ClH.Ir.6H2N/h3*1H;;6*1H2/q;;;;6*-1. The van der Waals surface area contributed by atoms with Crippen LogP contribution in [0.3, 0.4) is 0 Å². The summed E-state index contributed by atoms with van der Waals surface area (Å²) in [4.78, 5) is 0. The number of hydrogen-bond acceptors (Lipinski definition) is 0. The summed E-state index contributed by atoms with van der Waals surface area (Å²) in [6.07, 6.45) is 0. The van der Waals surface area contributed by atoms with Crippen LogP contribution in [0.15, 0.2) is 0 Å². The van der Waals surface area contributed by atoms with Crippen LogP contribution in [0, 0.1) is 0 Å². The van der Waals surface area contributed by atoms with E-state index in [-0.39, 0.29) is 94.2 Å². The molecule has 0 aromatic rings. The predicted octanol–water partition coefficient (Wildman–Crippen LogP) is 5.57. The molecule has 0 spiro atoms. The molecule has 0 aromatic heterocycles. The van der Waals surface area contributed by atoms with Gasteiger partial charge in [-0.1, -0.05) is 0 Å². The largest absolute Gasteiger partial charge is 0.693 e. The Balaban J connectivity index is 0. The molecule has 0 aromatic carbocycles. The summed E-state index contributed by atoms with van der Waals surface area (Å²) < 4.78 is 0. The zero-order valence-corrected chi connectivity index (χ0v) is 9.87. The van der Waals surface area contributed by atoms with E-state index in [0.717, 1.165) is 0 Å². The summed E-state index contributed by atoms with van der Waals surface area (Å²) >= 11 is 0. The minimum Gasteiger partial charge on any atom is -0.693 e. The van der Waals surface area contributed by atoms with Gasteiger partial charge < -0.3 is 36.9 Å². The molecule has 12 N–H and O–H groups in total. The first kappa shape index (κ1) is 728. The summed E-state index contributed by atoms with van der Waals surface area (Å²) in [5.41, 5.74) is 0. The molecule has 0 aliphatic carbocycles. The first-order valence-corrected chi connectivity index (χ1v) is 0. The van der Waals surface area contributed by atoms with Crippen LogP contribution in [0.1, 0.15) is 0 Å². The van der Waals surface area contributed by atoms with E-state index in [0.29, 0.717) is 0 Å². The number of rotatable bonds is 0. The van der Waals surface area contributed by atoms with Crippen LogP contribution in [0.4, 0.5) is 0 Å². The monoisotopic (exact) mass is 397 g/mol. The van der Waals surface area contributed by atoms with E-state index in [4.69, 9.17) is 0 Å². The van der Waals surface area contributed by atoms with Gasteiger partial charge in [-0.25, -0.2) is 0 Å². The van der Waals surface area contributed by atoms with Gasteiger partial charge in [-0.05, 0) is 0 Å². The first-order chi connectivity index (χ1) is 0. The van der Waals surface area contributed by atoms with E-state index in [1.54, 1.807) is 0 Å². The van der Waals surface area contributed by atoms with Crippen molar-refractivity contribution in [3.63, 3.8) is 0 Å². The Hall–Kier alpha value is 1.28. The van der Waals surface area contributed by atoms with Crippen molar-refractivity contribution in [2.24, 2.45) is 0 Å². The fourth-order valence-electron chi connectivity index (χ4n) is 0. The van der Waals surface area contributed by atoms with Crippen molar-refractivity contribution in [2.45, 2.75) is 0 Å². The summed E-state index contributed by atoms with van der Waals surface area (Å²) in [5, 5.41) is 0. The third kappa shape index (κ3) is 389. The molecule has 0 atom stereocenters. The quantitative estimate of drug-likeness (QED) is 0.492. The van der Waals surface area contributed by atoms with Crippen LogP contribution in [0.25, 0.3) is 36.9 Å². The Kier molecular flexibility index (Phi) is 39400. The predicted molar refractivity (Wildman–Crippen MR) is 53.5 cm³/mol. The molecule has 0 amide bonds. The van der Waals surface area contributed by atoms with Crippen molar-refractivity contribution in [1.29, 1.82) is 0 Å². The summed E-state index contributed by atoms with van der Waals surface area (Å²) in [6, 6.07) is 0. The van der Waals surface area contributed by atoms with Crippen LogP contribution < -0.4 is 0 Å². The number of nitrogens with two attached hydrogens (primary N) is 6. The third-order valence-corrected chi connectivity index (χ3v) is 0. The van der Waals surface area contributed by atoms with Crippen molar-refractivity contribution in [3.05, 3.63) is 36.9 Å². The SMILES string of the molecule is Cl.Cl.Cl.[Ir].[NH2-].[NH2-].[NH2-].[NH2-].[NH2-].[NH2-]. The molecule has 10 heteroatoms. The van der Waals surface area contributed by atoms with E-state index in [9.17, 15) is 0 Å². The Morgan fingerprint density at radius 3 is 0.300 bits per heavy atom. The Morgan fingerprint density at radius 2 is 0.300 bits per heavy atom. The minimum absolute atomic E-state index is 0. The van der Waals surface area contributed by atoms with Gasteiger partial charge >= 0.3 is 0 Å². The fourth-order valence-corrected chi connectivity index (χ4v) is 0. The van der Waals surface area contributed by atoms with Crippen LogP contribution in [0.5, 0.6) is 0 Å².